The third-order valence-corrected chi connectivity index (χ3v) is 6.11. The molecule has 0 saturated carbocycles. The van der Waals surface area contributed by atoms with Crippen molar-refractivity contribution >= 4 is 26.7 Å². The van der Waals surface area contributed by atoms with Crippen LogP contribution in [0.3, 0.4) is 0 Å². The molecule has 0 radical (unpaired) electrons. The number of ether oxygens (including phenoxy) is 1. The Bertz CT molecular complexity index is 1150. The molecule has 31 heavy (non-hydrogen) atoms. The maximum Gasteiger partial charge on any atom is 0.387 e. The summed E-state index contributed by atoms with van der Waals surface area (Å²) in [7, 11) is -2.16. The fourth-order valence-corrected chi connectivity index (χ4v) is 4.11. The smallest absolute Gasteiger partial charge is 0.387 e. The number of sulfonamides is 1. The van der Waals surface area contributed by atoms with E-state index in [2.05, 4.69) is 9.46 Å². The molecule has 1 amide bonds. The SMILES string of the molecule is CN(Cc1ccc(OC(F)F)cc1)C(=O)CCNS(=O)(=O)c1ccc2ccccc2c1. The summed E-state index contributed by atoms with van der Waals surface area (Å²) in [6, 6.07) is 18.3. The highest BCUT2D eigenvalue weighted by atomic mass is 32.2. The largest absolute Gasteiger partial charge is 0.435 e. The van der Waals surface area contributed by atoms with Crippen LogP contribution in [0, 0.1) is 0 Å². The van der Waals surface area contributed by atoms with Crippen LogP contribution in [0.4, 0.5) is 8.78 Å². The van der Waals surface area contributed by atoms with Gasteiger partial charge in [-0.15, -0.1) is 0 Å². The van der Waals surface area contributed by atoms with Gasteiger partial charge in [0.2, 0.25) is 15.9 Å². The zero-order valence-corrected chi connectivity index (χ0v) is 17.6. The van der Waals surface area contributed by atoms with Crippen LogP contribution in [-0.2, 0) is 21.4 Å². The molecule has 0 heterocycles. The second kappa shape index (κ2) is 9.84. The van der Waals surface area contributed by atoms with Gasteiger partial charge in [-0.1, -0.05) is 42.5 Å². The Morgan fingerprint density at radius 2 is 1.71 bits per heavy atom. The molecule has 0 spiro atoms. The lowest BCUT2D eigenvalue weighted by molar-refractivity contribution is -0.130. The molecule has 0 aromatic heterocycles. The molecule has 0 atom stereocenters. The molecule has 0 aliphatic carbocycles. The molecule has 9 heteroatoms. The van der Waals surface area contributed by atoms with Crippen molar-refractivity contribution in [1.82, 2.24) is 9.62 Å². The number of amides is 1. The number of nitrogens with zero attached hydrogens (tertiary/aromatic N) is 1. The maximum absolute atomic E-state index is 12.5. The van der Waals surface area contributed by atoms with E-state index in [-0.39, 0.29) is 36.1 Å². The van der Waals surface area contributed by atoms with Gasteiger partial charge in [0.1, 0.15) is 5.75 Å². The van der Waals surface area contributed by atoms with E-state index in [1.54, 1.807) is 31.3 Å². The van der Waals surface area contributed by atoms with Crippen LogP contribution in [-0.4, -0.2) is 39.4 Å². The predicted molar refractivity (Wildman–Crippen MR) is 113 cm³/mol. The molecule has 6 nitrogen and oxygen atoms in total. The molecule has 0 saturated heterocycles. The van der Waals surface area contributed by atoms with Crippen molar-refractivity contribution in [1.29, 1.82) is 0 Å². The van der Waals surface area contributed by atoms with Gasteiger partial charge < -0.3 is 9.64 Å². The quantitative estimate of drug-likeness (QED) is 0.541. The highest BCUT2D eigenvalue weighted by Gasteiger charge is 2.16. The van der Waals surface area contributed by atoms with E-state index in [9.17, 15) is 22.0 Å². The topological polar surface area (TPSA) is 75.7 Å². The average Bonchev–Trinajstić information content (AvgIpc) is 2.74. The lowest BCUT2D eigenvalue weighted by atomic mass is 10.1. The Kier molecular flexibility index (Phi) is 7.19. The van der Waals surface area contributed by atoms with E-state index in [4.69, 9.17) is 0 Å². The first kappa shape index (κ1) is 22.6. The third kappa shape index (κ3) is 6.22. The van der Waals surface area contributed by atoms with Crippen molar-refractivity contribution in [3.05, 3.63) is 72.3 Å². The molecule has 0 fully saturated rings. The van der Waals surface area contributed by atoms with Crippen LogP contribution in [0.5, 0.6) is 5.75 Å². The fraction of sp³-hybridized carbons (Fsp3) is 0.227. The first-order valence-electron chi connectivity index (χ1n) is 9.51. The normalized spacial score (nSPS) is 11.6. The van der Waals surface area contributed by atoms with Crippen LogP contribution >= 0.6 is 0 Å². The van der Waals surface area contributed by atoms with Crippen molar-refractivity contribution in [3.8, 4) is 5.75 Å². The van der Waals surface area contributed by atoms with Crippen LogP contribution in [0.2, 0.25) is 0 Å². The van der Waals surface area contributed by atoms with Crippen molar-refractivity contribution < 1.29 is 26.7 Å². The van der Waals surface area contributed by atoms with E-state index < -0.39 is 16.6 Å². The van der Waals surface area contributed by atoms with Gasteiger partial charge >= 0.3 is 6.61 Å². The summed E-state index contributed by atoms with van der Waals surface area (Å²) in [5.74, 6) is -0.218. The van der Waals surface area contributed by atoms with Gasteiger partial charge in [0.05, 0.1) is 4.90 Å². The lowest BCUT2D eigenvalue weighted by Crippen LogP contribution is -2.31. The number of rotatable bonds is 9. The Balaban J connectivity index is 1.52. The average molecular weight is 448 g/mol. The monoisotopic (exact) mass is 448 g/mol. The lowest BCUT2D eigenvalue weighted by Gasteiger charge is -2.18. The molecule has 1 N–H and O–H groups in total. The first-order chi connectivity index (χ1) is 14.7. The number of halogens is 2. The third-order valence-electron chi connectivity index (χ3n) is 4.66. The summed E-state index contributed by atoms with van der Waals surface area (Å²) in [6.07, 6.45) is -0.0180. The molecule has 3 rings (SSSR count). The van der Waals surface area contributed by atoms with E-state index in [0.717, 1.165) is 16.3 Å². The predicted octanol–water partition coefficient (Wildman–Crippen LogP) is 3.77. The molecule has 164 valence electrons. The minimum Gasteiger partial charge on any atom is -0.435 e. The summed E-state index contributed by atoms with van der Waals surface area (Å²) in [4.78, 5) is 13.9. The minimum atomic E-state index is -3.74. The molecule has 0 aliphatic heterocycles. The van der Waals surface area contributed by atoms with Gasteiger partial charge in [-0.2, -0.15) is 8.78 Å². The molecule has 0 unspecified atom stereocenters. The van der Waals surface area contributed by atoms with Crippen LogP contribution in [0.15, 0.2) is 71.6 Å². The Hall–Kier alpha value is -3.04. The van der Waals surface area contributed by atoms with Crippen LogP contribution < -0.4 is 9.46 Å². The maximum atomic E-state index is 12.5. The van der Waals surface area contributed by atoms with E-state index >= 15 is 0 Å². The van der Waals surface area contributed by atoms with Gasteiger partial charge in [0, 0.05) is 26.6 Å². The molecule has 3 aromatic rings. The molecule has 0 bridgehead atoms. The summed E-state index contributed by atoms with van der Waals surface area (Å²) >= 11 is 0. The highest BCUT2D eigenvalue weighted by molar-refractivity contribution is 7.89. The Morgan fingerprint density at radius 1 is 1.03 bits per heavy atom. The van der Waals surface area contributed by atoms with Crippen molar-refractivity contribution in [3.63, 3.8) is 0 Å². The summed E-state index contributed by atoms with van der Waals surface area (Å²) < 4.78 is 56.2. The van der Waals surface area contributed by atoms with Crippen molar-refractivity contribution in [2.75, 3.05) is 13.6 Å². The number of nitrogens with one attached hydrogen (secondary N) is 1. The summed E-state index contributed by atoms with van der Waals surface area (Å²) in [5, 5.41) is 1.75. The van der Waals surface area contributed by atoms with E-state index in [1.165, 1.54) is 23.1 Å². The second-order valence-corrected chi connectivity index (χ2v) is 8.70. The van der Waals surface area contributed by atoms with Crippen LogP contribution in [0.1, 0.15) is 12.0 Å². The van der Waals surface area contributed by atoms with Crippen molar-refractivity contribution in [2.45, 2.75) is 24.5 Å². The molecular weight excluding hydrogens is 426 g/mol. The van der Waals surface area contributed by atoms with Crippen LogP contribution in [0.25, 0.3) is 10.8 Å². The number of carbonyl (C=O) groups is 1. The van der Waals surface area contributed by atoms with Gasteiger partial charge in [-0.3, -0.25) is 4.79 Å². The minimum absolute atomic E-state index is 0.0180. The van der Waals surface area contributed by atoms with E-state index in [0.29, 0.717) is 0 Å². The zero-order valence-electron chi connectivity index (χ0n) is 16.8. The molecule has 0 aliphatic rings. The number of alkyl halides is 2. The fourth-order valence-electron chi connectivity index (χ4n) is 3.04. The Labute approximate surface area is 179 Å². The van der Waals surface area contributed by atoms with Gasteiger partial charge in [0.25, 0.3) is 0 Å². The first-order valence-corrected chi connectivity index (χ1v) is 11.0. The van der Waals surface area contributed by atoms with Gasteiger partial charge in [-0.05, 0) is 40.6 Å². The van der Waals surface area contributed by atoms with Crippen molar-refractivity contribution in [2.24, 2.45) is 0 Å². The number of fused-ring (bicyclic) bond motifs is 1. The molecule has 3 aromatic carbocycles. The molecular formula is C22H22F2N2O4S. The van der Waals surface area contributed by atoms with E-state index in [1.807, 2.05) is 24.3 Å². The summed E-state index contributed by atoms with van der Waals surface area (Å²) in [6.45, 7) is -2.68. The van der Waals surface area contributed by atoms with Gasteiger partial charge in [-0.25, -0.2) is 13.1 Å². The highest BCUT2D eigenvalue weighted by Crippen LogP contribution is 2.19. The number of hydrogen-bond donors (Lipinski definition) is 1. The van der Waals surface area contributed by atoms with Gasteiger partial charge in [0.15, 0.2) is 0 Å². The zero-order chi connectivity index (χ0) is 22.4. The number of hydrogen-bond acceptors (Lipinski definition) is 4. The second-order valence-electron chi connectivity index (χ2n) is 6.93. The Morgan fingerprint density at radius 3 is 2.39 bits per heavy atom. The number of carbonyl (C=O) groups excluding carboxylic acids is 1. The standard InChI is InChI=1S/C22H22F2N2O4S/c1-26(15-16-6-9-19(10-7-16)30-22(23)24)21(27)12-13-25-31(28,29)20-11-8-17-4-2-3-5-18(17)14-20/h2-11,14,22,25H,12-13,15H2,1H3. The number of benzene rings is 3. The summed E-state index contributed by atoms with van der Waals surface area (Å²) in [5.41, 5.74) is 0.731.